The topological polar surface area (TPSA) is 55.8 Å². The normalized spacial score (nSPS) is 35.0. The first-order valence-corrected chi connectivity index (χ1v) is 16.2. The number of halogens is 3. The second-order valence-corrected chi connectivity index (χ2v) is 16.7. The van der Waals surface area contributed by atoms with Crippen LogP contribution in [0.3, 0.4) is 0 Å². The molecule has 4 saturated carbocycles. The molecule has 6 rings (SSSR count). The number of esters is 2. The third-order valence-corrected chi connectivity index (χ3v) is 13.2. The van der Waals surface area contributed by atoms with Gasteiger partial charge in [0.15, 0.2) is 0 Å². The van der Waals surface area contributed by atoms with Crippen LogP contribution in [0.1, 0.15) is 89.4 Å². The molecule has 0 aromatic heterocycles. The molecule has 1 aromatic carbocycles. The van der Waals surface area contributed by atoms with Crippen molar-refractivity contribution in [1.29, 1.82) is 0 Å². The molecule has 4 aliphatic carbocycles. The zero-order valence-corrected chi connectivity index (χ0v) is 28.2. The predicted molar refractivity (Wildman–Crippen MR) is 165 cm³/mol. The van der Waals surface area contributed by atoms with Crippen LogP contribution in [0.15, 0.2) is 12.1 Å². The molecule has 4 bridgehead atoms. The molecule has 1 heterocycles. The molecule has 8 heteroatoms. The van der Waals surface area contributed by atoms with E-state index in [1.165, 1.54) is 0 Å². The summed E-state index contributed by atoms with van der Waals surface area (Å²) in [4.78, 5) is 29.8. The Hall–Kier alpha value is 0.310. The summed E-state index contributed by atoms with van der Waals surface area (Å²) in [5, 5.41) is 0. The Morgan fingerprint density at radius 3 is 2.08 bits per heavy atom. The van der Waals surface area contributed by atoms with Gasteiger partial charge in [0, 0.05) is 41.1 Å². The molecule has 5 nitrogen and oxygen atoms in total. The van der Waals surface area contributed by atoms with Crippen LogP contribution in [0, 0.1) is 28.0 Å². The van der Waals surface area contributed by atoms with Crippen LogP contribution in [0.4, 0.5) is 0 Å². The monoisotopic (exact) mass is 831 g/mol. The molecule has 36 heavy (non-hydrogen) atoms. The van der Waals surface area contributed by atoms with Crippen molar-refractivity contribution >= 4 is 79.7 Å². The first-order chi connectivity index (χ1) is 16.6. The van der Waals surface area contributed by atoms with Gasteiger partial charge in [0.1, 0.15) is 11.7 Å². The van der Waals surface area contributed by atoms with Crippen LogP contribution in [0.5, 0.6) is 0 Å². The molecule has 0 N–H and O–H groups in total. The SMILES string of the molecule is CN1C(C)(C)CC(OC(=O)C23CC4CC(CC(OC(=O)c5cc(I)cc(I)c5I)(C4)C2)C3)CC1(C)C. The molecule has 0 spiro atoms. The third kappa shape index (κ3) is 4.99. The van der Waals surface area contributed by atoms with Crippen LogP contribution in [-0.4, -0.2) is 46.7 Å². The highest BCUT2D eigenvalue weighted by Gasteiger charge is 2.63. The molecule has 0 radical (unpaired) electrons. The highest BCUT2D eigenvalue weighted by molar-refractivity contribution is 14.1. The Labute approximate surface area is 256 Å². The highest BCUT2D eigenvalue weighted by atomic mass is 127. The number of hydrogen-bond donors (Lipinski definition) is 0. The smallest absolute Gasteiger partial charge is 0.339 e. The maximum atomic E-state index is 13.9. The van der Waals surface area contributed by atoms with Crippen LogP contribution in [-0.2, 0) is 14.3 Å². The van der Waals surface area contributed by atoms with Gasteiger partial charge in [0.05, 0.1) is 11.0 Å². The van der Waals surface area contributed by atoms with E-state index < -0.39 is 11.0 Å². The Balaban J connectivity index is 1.36. The van der Waals surface area contributed by atoms with Gasteiger partial charge in [-0.25, -0.2) is 4.79 Å². The van der Waals surface area contributed by atoms with Gasteiger partial charge in [0.2, 0.25) is 0 Å². The summed E-state index contributed by atoms with van der Waals surface area (Å²) in [6.45, 7) is 8.95. The molecule has 5 fully saturated rings. The lowest BCUT2D eigenvalue weighted by Gasteiger charge is -2.60. The van der Waals surface area contributed by atoms with Crippen molar-refractivity contribution in [3.63, 3.8) is 0 Å². The fourth-order valence-electron chi connectivity index (χ4n) is 8.13. The largest absolute Gasteiger partial charge is 0.462 e. The average molecular weight is 831 g/mol. The summed E-state index contributed by atoms with van der Waals surface area (Å²) >= 11 is 6.77. The third-order valence-electron chi connectivity index (χ3n) is 9.51. The van der Waals surface area contributed by atoms with Crippen LogP contribution in [0.25, 0.3) is 0 Å². The molecular formula is C28H36I3NO4. The van der Waals surface area contributed by atoms with Crippen molar-refractivity contribution in [2.75, 3.05) is 7.05 Å². The zero-order chi connectivity index (χ0) is 26.3. The number of piperidine rings is 1. The fraction of sp³-hybridized carbons (Fsp3) is 0.714. The van der Waals surface area contributed by atoms with Gasteiger partial charge in [-0.05, 0) is 159 Å². The summed E-state index contributed by atoms with van der Waals surface area (Å²) in [5.41, 5.74) is -0.509. The van der Waals surface area contributed by atoms with Crippen molar-refractivity contribution in [1.82, 2.24) is 4.90 Å². The Morgan fingerprint density at radius 1 is 0.917 bits per heavy atom. The first kappa shape index (κ1) is 27.9. The van der Waals surface area contributed by atoms with Gasteiger partial charge in [-0.1, -0.05) is 0 Å². The average Bonchev–Trinajstić information content (AvgIpc) is 2.72. The van der Waals surface area contributed by atoms with Gasteiger partial charge >= 0.3 is 11.9 Å². The molecule has 1 saturated heterocycles. The number of hydrogen-bond acceptors (Lipinski definition) is 5. The Morgan fingerprint density at radius 2 is 1.50 bits per heavy atom. The van der Waals surface area contributed by atoms with E-state index in [-0.39, 0.29) is 29.1 Å². The highest BCUT2D eigenvalue weighted by Crippen LogP contribution is 2.63. The van der Waals surface area contributed by atoms with E-state index in [1.807, 2.05) is 6.07 Å². The first-order valence-electron chi connectivity index (χ1n) is 13.0. The molecule has 198 valence electrons. The van der Waals surface area contributed by atoms with Crippen LogP contribution >= 0.6 is 67.8 Å². The minimum Gasteiger partial charge on any atom is -0.462 e. The number of nitrogens with zero attached hydrogens (tertiary/aromatic N) is 1. The van der Waals surface area contributed by atoms with Crippen molar-refractivity contribution in [2.24, 2.45) is 17.3 Å². The quantitative estimate of drug-likeness (QED) is 0.183. The van der Waals surface area contributed by atoms with E-state index in [0.717, 1.165) is 55.7 Å². The lowest BCUT2D eigenvalue weighted by atomic mass is 9.48. The molecule has 1 aromatic rings. The summed E-state index contributed by atoms with van der Waals surface area (Å²) in [6.07, 6.45) is 6.83. The van der Waals surface area contributed by atoms with Gasteiger partial charge in [-0.3, -0.25) is 9.69 Å². The van der Waals surface area contributed by atoms with E-state index >= 15 is 0 Å². The molecule has 5 aliphatic rings. The zero-order valence-electron chi connectivity index (χ0n) is 21.8. The Kier molecular flexibility index (Phi) is 7.32. The number of benzene rings is 1. The van der Waals surface area contributed by atoms with E-state index in [0.29, 0.717) is 23.8 Å². The van der Waals surface area contributed by atoms with E-state index in [4.69, 9.17) is 9.47 Å². The molecule has 2 atom stereocenters. The fourth-order valence-corrected chi connectivity index (χ4v) is 10.5. The van der Waals surface area contributed by atoms with Gasteiger partial charge < -0.3 is 9.47 Å². The number of rotatable bonds is 4. The number of ether oxygens (including phenoxy) is 2. The minimum atomic E-state index is -0.554. The standard InChI is InChI=1S/C28H36I3NO4/c1-25(2)13-19(14-26(3,4)32(25)5)35-24(34)27-9-16-6-17(10-27)12-28(11-16,15-27)36-23(33)20-7-18(29)8-21(30)22(20)31/h7-8,16-17,19H,6,9-15H2,1-5H3. The lowest BCUT2D eigenvalue weighted by molar-refractivity contribution is -0.205. The number of likely N-dealkylation sites (tertiary alicyclic amines) is 1. The number of carbonyl (C=O) groups excluding carboxylic acids is 2. The minimum absolute atomic E-state index is 0.0349. The van der Waals surface area contributed by atoms with Crippen LogP contribution < -0.4 is 0 Å². The van der Waals surface area contributed by atoms with Gasteiger partial charge in [0.25, 0.3) is 0 Å². The second kappa shape index (κ2) is 9.45. The van der Waals surface area contributed by atoms with E-state index in [2.05, 4.69) is 113 Å². The summed E-state index contributed by atoms with van der Waals surface area (Å²) in [5.74, 6) is 0.552. The Bertz CT molecular complexity index is 1070. The summed E-state index contributed by atoms with van der Waals surface area (Å²) < 4.78 is 15.8. The van der Waals surface area contributed by atoms with E-state index in [1.54, 1.807) is 0 Å². The molecule has 0 amide bonds. The summed E-state index contributed by atoms with van der Waals surface area (Å²) in [7, 11) is 2.17. The number of carbonyl (C=O) groups is 2. The van der Waals surface area contributed by atoms with Gasteiger partial charge in [-0.2, -0.15) is 0 Å². The summed E-state index contributed by atoms with van der Waals surface area (Å²) in [6, 6.07) is 3.99. The van der Waals surface area contributed by atoms with Crippen molar-refractivity contribution < 1.29 is 19.1 Å². The predicted octanol–water partition coefficient (Wildman–Crippen LogP) is 7.19. The van der Waals surface area contributed by atoms with Gasteiger partial charge in [-0.15, -0.1) is 0 Å². The second-order valence-electron chi connectivity index (χ2n) is 13.2. The lowest BCUT2D eigenvalue weighted by Crippen LogP contribution is -2.62. The van der Waals surface area contributed by atoms with Crippen molar-refractivity contribution in [2.45, 2.75) is 102 Å². The maximum Gasteiger partial charge on any atom is 0.339 e. The van der Waals surface area contributed by atoms with Crippen LogP contribution in [0.2, 0.25) is 0 Å². The van der Waals surface area contributed by atoms with Crippen molar-refractivity contribution in [3.8, 4) is 0 Å². The van der Waals surface area contributed by atoms with Crippen molar-refractivity contribution in [3.05, 3.63) is 28.4 Å². The molecule has 2 unspecified atom stereocenters. The maximum absolute atomic E-state index is 13.9. The molecular weight excluding hydrogens is 795 g/mol. The van der Waals surface area contributed by atoms with E-state index in [9.17, 15) is 9.59 Å². The molecule has 1 aliphatic heterocycles.